The van der Waals surface area contributed by atoms with E-state index in [2.05, 4.69) is 4.98 Å². The van der Waals surface area contributed by atoms with E-state index < -0.39 is 23.5 Å². The van der Waals surface area contributed by atoms with Gasteiger partial charge in [-0.1, -0.05) is 6.42 Å². The van der Waals surface area contributed by atoms with Crippen molar-refractivity contribution in [3.05, 3.63) is 33.2 Å². The van der Waals surface area contributed by atoms with Gasteiger partial charge in [0.15, 0.2) is 0 Å². The zero-order chi connectivity index (χ0) is 15.6. The van der Waals surface area contributed by atoms with Crippen LogP contribution in [0.15, 0.2) is 10.9 Å². The van der Waals surface area contributed by atoms with E-state index in [-0.39, 0.29) is 5.56 Å². The van der Waals surface area contributed by atoms with E-state index in [9.17, 15) is 14.4 Å². The topological polar surface area (TPSA) is 90.5 Å². The first kappa shape index (κ1) is 15.3. The number of amides is 1. The van der Waals surface area contributed by atoms with Gasteiger partial charge in [0, 0.05) is 12.7 Å². The first-order valence-corrected chi connectivity index (χ1v) is 7.17. The number of rotatable bonds is 3. The normalized spacial score (nSPS) is 15.7. The number of fused-ring (bicyclic) bond motifs is 1. The molecule has 1 heterocycles. The molecule has 21 heavy (non-hydrogen) atoms. The van der Waals surface area contributed by atoms with Gasteiger partial charge in [-0.2, -0.15) is 0 Å². The average molecular weight is 292 g/mol. The van der Waals surface area contributed by atoms with E-state index in [4.69, 9.17) is 5.11 Å². The highest BCUT2D eigenvalue weighted by Gasteiger charge is 2.25. The van der Waals surface area contributed by atoms with Crippen LogP contribution in [0.25, 0.3) is 0 Å². The van der Waals surface area contributed by atoms with Gasteiger partial charge in [-0.25, -0.2) is 4.79 Å². The molecule has 6 heteroatoms. The number of carboxylic acids is 1. The lowest BCUT2D eigenvalue weighted by atomic mass is 10.1. The van der Waals surface area contributed by atoms with Crippen molar-refractivity contribution in [2.24, 2.45) is 0 Å². The number of likely N-dealkylation sites (N-methyl/N-ethyl adjacent to an activating group) is 1. The van der Waals surface area contributed by atoms with E-state index in [1.807, 2.05) is 0 Å². The predicted molar refractivity (Wildman–Crippen MR) is 77.5 cm³/mol. The first-order valence-electron chi connectivity index (χ1n) is 7.17. The molecule has 0 bridgehead atoms. The zero-order valence-corrected chi connectivity index (χ0v) is 12.3. The Morgan fingerprint density at radius 2 is 1.95 bits per heavy atom. The van der Waals surface area contributed by atoms with E-state index in [0.29, 0.717) is 0 Å². The van der Waals surface area contributed by atoms with Crippen LogP contribution in [0, 0.1) is 0 Å². The fourth-order valence-corrected chi connectivity index (χ4v) is 2.54. The van der Waals surface area contributed by atoms with Crippen molar-refractivity contribution in [1.29, 1.82) is 0 Å². The molecule has 0 saturated carbocycles. The maximum Gasteiger partial charge on any atom is 0.326 e. The van der Waals surface area contributed by atoms with Crippen LogP contribution in [0.1, 0.15) is 47.8 Å². The highest BCUT2D eigenvalue weighted by Crippen LogP contribution is 2.19. The van der Waals surface area contributed by atoms with Crippen molar-refractivity contribution >= 4 is 11.9 Å². The number of aromatic nitrogens is 1. The third-order valence-electron chi connectivity index (χ3n) is 4.08. The zero-order valence-electron chi connectivity index (χ0n) is 12.3. The molecule has 0 radical (unpaired) electrons. The molecule has 0 saturated heterocycles. The van der Waals surface area contributed by atoms with E-state index >= 15 is 0 Å². The Morgan fingerprint density at radius 1 is 1.29 bits per heavy atom. The number of aromatic amines is 1. The Bertz CT molecular complexity index is 621. The summed E-state index contributed by atoms with van der Waals surface area (Å²) in [7, 11) is 1.40. The molecular weight excluding hydrogens is 272 g/mol. The van der Waals surface area contributed by atoms with Gasteiger partial charge in [0.25, 0.3) is 11.5 Å². The van der Waals surface area contributed by atoms with Crippen LogP contribution in [0.3, 0.4) is 0 Å². The second-order valence-electron chi connectivity index (χ2n) is 5.51. The molecule has 0 spiro atoms. The van der Waals surface area contributed by atoms with Crippen LogP contribution in [-0.2, 0) is 17.6 Å². The Morgan fingerprint density at radius 3 is 2.62 bits per heavy atom. The number of carboxylic acid groups (broad SMARTS) is 1. The van der Waals surface area contributed by atoms with Crippen molar-refractivity contribution in [3.63, 3.8) is 0 Å². The van der Waals surface area contributed by atoms with E-state index in [0.717, 1.165) is 48.3 Å². The molecule has 0 aromatic carbocycles. The van der Waals surface area contributed by atoms with Crippen molar-refractivity contribution in [2.45, 2.75) is 45.1 Å². The number of carbonyl (C=O) groups is 2. The standard InChI is InChI=1S/C15H20N2O4/c1-9(15(20)21)17(2)14(19)11-8-10-6-4-3-5-7-12(10)16-13(11)18/h8-9H,3-7H2,1-2H3,(H,16,18)(H,20,21). The van der Waals surface area contributed by atoms with Gasteiger partial charge in [0.2, 0.25) is 0 Å². The number of pyridine rings is 1. The minimum absolute atomic E-state index is 0.0197. The summed E-state index contributed by atoms with van der Waals surface area (Å²) < 4.78 is 0. The Balaban J connectivity index is 2.36. The Kier molecular flexibility index (Phi) is 4.45. The first-order chi connectivity index (χ1) is 9.91. The molecule has 1 amide bonds. The molecule has 0 aliphatic heterocycles. The summed E-state index contributed by atoms with van der Waals surface area (Å²) in [6.45, 7) is 1.41. The lowest BCUT2D eigenvalue weighted by Gasteiger charge is -2.21. The third kappa shape index (κ3) is 3.15. The van der Waals surface area contributed by atoms with Crippen LogP contribution < -0.4 is 5.56 Å². The van der Waals surface area contributed by atoms with Crippen molar-refractivity contribution in [1.82, 2.24) is 9.88 Å². The molecule has 114 valence electrons. The maximum atomic E-state index is 12.3. The van der Waals surface area contributed by atoms with Gasteiger partial charge >= 0.3 is 5.97 Å². The van der Waals surface area contributed by atoms with Gasteiger partial charge in [-0.15, -0.1) is 0 Å². The van der Waals surface area contributed by atoms with Crippen molar-refractivity contribution in [2.75, 3.05) is 7.05 Å². The lowest BCUT2D eigenvalue weighted by molar-refractivity contribution is -0.141. The SMILES string of the molecule is CC(C(=O)O)N(C)C(=O)c1cc2c([nH]c1=O)CCCCC2. The van der Waals surface area contributed by atoms with Gasteiger partial charge < -0.3 is 15.0 Å². The Hall–Kier alpha value is -2.11. The van der Waals surface area contributed by atoms with Crippen molar-refractivity contribution < 1.29 is 14.7 Å². The maximum absolute atomic E-state index is 12.3. The van der Waals surface area contributed by atoms with Crippen LogP contribution in [0.2, 0.25) is 0 Å². The largest absolute Gasteiger partial charge is 0.480 e. The van der Waals surface area contributed by atoms with E-state index in [1.165, 1.54) is 14.0 Å². The smallest absolute Gasteiger partial charge is 0.326 e. The highest BCUT2D eigenvalue weighted by molar-refractivity contribution is 5.96. The number of hydrogen-bond acceptors (Lipinski definition) is 3. The van der Waals surface area contributed by atoms with Gasteiger partial charge in [0.1, 0.15) is 11.6 Å². The fourth-order valence-electron chi connectivity index (χ4n) is 2.54. The summed E-state index contributed by atoms with van der Waals surface area (Å²) in [5.74, 6) is -1.66. The van der Waals surface area contributed by atoms with Crippen LogP contribution >= 0.6 is 0 Å². The molecule has 1 aromatic rings. The quantitative estimate of drug-likeness (QED) is 0.819. The van der Waals surface area contributed by atoms with E-state index in [1.54, 1.807) is 6.07 Å². The summed E-state index contributed by atoms with van der Waals surface area (Å²) in [5, 5.41) is 8.97. The number of hydrogen-bond donors (Lipinski definition) is 2. The molecule has 2 N–H and O–H groups in total. The summed E-state index contributed by atoms with van der Waals surface area (Å²) in [4.78, 5) is 39.2. The second kappa shape index (κ2) is 6.11. The van der Waals surface area contributed by atoms with Crippen molar-refractivity contribution in [3.8, 4) is 0 Å². The molecular formula is C15H20N2O4. The minimum Gasteiger partial charge on any atom is -0.480 e. The van der Waals surface area contributed by atoms with Crippen LogP contribution in [-0.4, -0.2) is 40.0 Å². The number of aryl methyl sites for hydroxylation is 2. The van der Waals surface area contributed by atoms with Crippen LogP contribution in [0.5, 0.6) is 0 Å². The predicted octanol–water partition coefficient (Wildman–Crippen LogP) is 1.19. The molecule has 2 rings (SSSR count). The molecule has 0 fully saturated rings. The van der Waals surface area contributed by atoms with Gasteiger partial charge in [-0.3, -0.25) is 9.59 Å². The monoisotopic (exact) mass is 292 g/mol. The minimum atomic E-state index is -1.10. The molecule has 1 unspecified atom stereocenters. The highest BCUT2D eigenvalue weighted by atomic mass is 16.4. The number of H-pyrrole nitrogens is 1. The number of nitrogens with zero attached hydrogens (tertiary/aromatic N) is 1. The van der Waals surface area contributed by atoms with Gasteiger partial charge in [0.05, 0.1) is 0 Å². The summed E-state index contributed by atoms with van der Waals surface area (Å²) in [5.41, 5.74) is 1.48. The van der Waals surface area contributed by atoms with Gasteiger partial charge in [-0.05, 0) is 44.2 Å². The van der Waals surface area contributed by atoms with Crippen LogP contribution in [0.4, 0.5) is 0 Å². The number of carbonyl (C=O) groups excluding carboxylic acids is 1. The number of aliphatic carboxylic acids is 1. The summed E-state index contributed by atoms with van der Waals surface area (Å²) in [6, 6.07) is 0.656. The summed E-state index contributed by atoms with van der Waals surface area (Å²) in [6.07, 6.45) is 4.83. The molecule has 1 atom stereocenters. The summed E-state index contributed by atoms with van der Waals surface area (Å²) >= 11 is 0. The molecule has 1 aliphatic carbocycles. The number of nitrogens with one attached hydrogen (secondary N) is 1. The lowest BCUT2D eigenvalue weighted by Crippen LogP contribution is -2.42. The molecule has 6 nitrogen and oxygen atoms in total. The fraction of sp³-hybridized carbons (Fsp3) is 0.533. The average Bonchev–Trinajstić information content (AvgIpc) is 2.68. The molecule has 1 aliphatic rings. The third-order valence-corrected chi connectivity index (χ3v) is 4.08. The Labute approximate surface area is 122 Å². The second-order valence-corrected chi connectivity index (χ2v) is 5.51. The molecule has 1 aromatic heterocycles.